The van der Waals surface area contributed by atoms with E-state index >= 15 is 0 Å². The second-order valence-corrected chi connectivity index (χ2v) is 4.18. The minimum Gasteiger partial charge on any atom is -0.331 e. The van der Waals surface area contributed by atoms with Crippen LogP contribution >= 0.6 is 0 Å². The van der Waals surface area contributed by atoms with Crippen LogP contribution in [0.2, 0.25) is 0 Å². The lowest BCUT2D eigenvalue weighted by Crippen LogP contribution is -2.11. The van der Waals surface area contributed by atoms with Crippen LogP contribution < -0.4 is 5.56 Å². The molecule has 2 aromatic rings. The predicted octanol–water partition coefficient (Wildman–Crippen LogP) is 1.05. The lowest BCUT2D eigenvalue weighted by molar-refractivity contribution is 0.894. The Labute approximate surface area is 92.2 Å². The molecule has 82 valence electrons. The third kappa shape index (κ3) is 1.54. The molecule has 0 aromatic carbocycles. The topological polar surface area (TPSA) is 63.6 Å². The van der Waals surface area contributed by atoms with Gasteiger partial charge in [-0.05, 0) is 12.8 Å². The smallest absolute Gasteiger partial charge is 0.251 e. The standard InChI is InChI=1S/C11H12N4O/c1-15-6-12-5-9(15)11-13-8(7-2-3-7)4-10(16)14-11/h4-7H,2-3H2,1H3,(H,13,14,16). The van der Waals surface area contributed by atoms with Gasteiger partial charge in [0.25, 0.3) is 5.56 Å². The van der Waals surface area contributed by atoms with Crippen molar-refractivity contribution in [1.82, 2.24) is 19.5 Å². The quantitative estimate of drug-likeness (QED) is 0.816. The van der Waals surface area contributed by atoms with Crippen LogP contribution in [-0.2, 0) is 7.05 Å². The van der Waals surface area contributed by atoms with E-state index in [4.69, 9.17) is 0 Å². The molecule has 0 atom stereocenters. The van der Waals surface area contributed by atoms with Crippen molar-refractivity contribution in [3.8, 4) is 11.5 Å². The molecule has 2 heterocycles. The summed E-state index contributed by atoms with van der Waals surface area (Å²) in [4.78, 5) is 22.8. The van der Waals surface area contributed by atoms with Gasteiger partial charge in [0, 0.05) is 19.0 Å². The molecule has 0 amide bonds. The lowest BCUT2D eigenvalue weighted by Gasteiger charge is -2.03. The predicted molar refractivity (Wildman–Crippen MR) is 59.0 cm³/mol. The summed E-state index contributed by atoms with van der Waals surface area (Å²) >= 11 is 0. The summed E-state index contributed by atoms with van der Waals surface area (Å²) in [7, 11) is 1.88. The fraction of sp³-hybridized carbons (Fsp3) is 0.364. The lowest BCUT2D eigenvalue weighted by atomic mass is 10.2. The summed E-state index contributed by atoms with van der Waals surface area (Å²) in [5, 5.41) is 0. The molecular weight excluding hydrogens is 204 g/mol. The van der Waals surface area contributed by atoms with E-state index < -0.39 is 0 Å². The molecule has 1 aliphatic carbocycles. The number of hydrogen-bond donors (Lipinski definition) is 1. The minimum absolute atomic E-state index is 0.0897. The highest BCUT2D eigenvalue weighted by atomic mass is 16.1. The maximum absolute atomic E-state index is 11.5. The Morgan fingerprint density at radius 1 is 1.50 bits per heavy atom. The van der Waals surface area contributed by atoms with Crippen molar-refractivity contribution in [1.29, 1.82) is 0 Å². The van der Waals surface area contributed by atoms with Gasteiger partial charge in [-0.25, -0.2) is 9.97 Å². The number of nitrogens with zero attached hydrogens (tertiary/aromatic N) is 3. The van der Waals surface area contributed by atoms with E-state index in [1.165, 1.54) is 0 Å². The first kappa shape index (κ1) is 9.33. The van der Waals surface area contributed by atoms with E-state index in [2.05, 4.69) is 15.0 Å². The zero-order valence-corrected chi connectivity index (χ0v) is 8.97. The van der Waals surface area contributed by atoms with Crippen molar-refractivity contribution >= 4 is 0 Å². The number of H-pyrrole nitrogens is 1. The molecule has 1 fully saturated rings. The molecule has 1 aliphatic rings. The second kappa shape index (κ2) is 3.30. The average molecular weight is 216 g/mol. The van der Waals surface area contributed by atoms with Crippen LogP contribution in [0.25, 0.3) is 11.5 Å². The molecule has 0 unspecified atom stereocenters. The third-order valence-electron chi connectivity index (χ3n) is 2.82. The maximum atomic E-state index is 11.5. The summed E-state index contributed by atoms with van der Waals surface area (Å²) < 4.78 is 1.84. The Bertz CT molecular complexity index is 580. The summed E-state index contributed by atoms with van der Waals surface area (Å²) in [6, 6.07) is 1.59. The Morgan fingerprint density at radius 3 is 2.94 bits per heavy atom. The van der Waals surface area contributed by atoms with Crippen LogP contribution in [0.15, 0.2) is 23.4 Å². The Kier molecular flexibility index (Phi) is 1.92. The summed E-state index contributed by atoms with van der Waals surface area (Å²) in [6.07, 6.45) is 5.68. The van der Waals surface area contributed by atoms with Gasteiger partial charge in [-0.3, -0.25) is 4.79 Å². The zero-order valence-electron chi connectivity index (χ0n) is 8.97. The molecule has 0 saturated heterocycles. The highest BCUT2D eigenvalue weighted by Gasteiger charge is 2.26. The van der Waals surface area contributed by atoms with Crippen molar-refractivity contribution in [2.45, 2.75) is 18.8 Å². The van der Waals surface area contributed by atoms with Crippen LogP contribution in [0.4, 0.5) is 0 Å². The fourth-order valence-electron chi connectivity index (χ4n) is 1.77. The molecule has 0 spiro atoms. The van der Waals surface area contributed by atoms with Gasteiger partial charge in [-0.1, -0.05) is 0 Å². The van der Waals surface area contributed by atoms with Gasteiger partial charge < -0.3 is 9.55 Å². The molecule has 3 rings (SSSR count). The second-order valence-electron chi connectivity index (χ2n) is 4.18. The van der Waals surface area contributed by atoms with Gasteiger partial charge in [0.15, 0.2) is 5.82 Å². The van der Waals surface area contributed by atoms with Crippen LogP contribution in [0.3, 0.4) is 0 Å². The van der Waals surface area contributed by atoms with Gasteiger partial charge in [0.2, 0.25) is 0 Å². The molecule has 2 aromatic heterocycles. The minimum atomic E-state index is -0.0897. The number of aromatic amines is 1. The van der Waals surface area contributed by atoms with E-state index in [9.17, 15) is 4.79 Å². The number of imidazole rings is 1. The van der Waals surface area contributed by atoms with E-state index in [1.54, 1.807) is 18.6 Å². The largest absolute Gasteiger partial charge is 0.331 e. The number of nitrogens with one attached hydrogen (secondary N) is 1. The summed E-state index contributed by atoms with van der Waals surface area (Å²) in [6.45, 7) is 0. The van der Waals surface area contributed by atoms with Crippen molar-refractivity contribution < 1.29 is 0 Å². The molecule has 0 aliphatic heterocycles. The molecule has 5 heteroatoms. The van der Waals surface area contributed by atoms with Crippen molar-refractivity contribution in [2.75, 3.05) is 0 Å². The van der Waals surface area contributed by atoms with Gasteiger partial charge in [0.1, 0.15) is 5.69 Å². The molecule has 0 bridgehead atoms. The fourth-order valence-corrected chi connectivity index (χ4v) is 1.77. The molecule has 0 radical (unpaired) electrons. The number of aromatic nitrogens is 4. The van der Waals surface area contributed by atoms with E-state index in [0.29, 0.717) is 11.7 Å². The van der Waals surface area contributed by atoms with Gasteiger partial charge in [-0.15, -0.1) is 0 Å². The SMILES string of the molecule is Cn1cncc1-c1nc(C2CC2)cc(=O)[nH]1. The third-order valence-corrected chi connectivity index (χ3v) is 2.82. The monoisotopic (exact) mass is 216 g/mol. The highest BCUT2D eigenvalue weighted by molar-refractivity contribution is 5.48. The van der Waals surface area contributed by atoms with E-state index in [1.807, 2.05) is 11.6 Å². The average Bonchev–Trinajstić information content (AvgIpc) is 3.01. The van der Waals surface area contributed by atoms with Crippen LogP contribution in [-0.4, -0.2) is 19.5 Å². The Hall–Kier alpha value is -1.91. The number of hydrogen-bond acceptors (Lipinski definition) is 3. The molecule has 5 nitrogen and oxygen atoms in total. The highest BCUT2D eigenvalue weighted by Crippen LogP contribution is 2.38. The van der Waals surface area contributed by atoms with E-state index in [0.717, 1.165) is 24.2 Å². The first-order valence-corrected chi connectivity index (χ1v) is 5.32. The van der Waals surface area contributed by atoms with Gasteiger partial charge >= 0.3 is 0 Å². The first-order valence-electron chi connectivity index (χ1n) is 5.32. The van der Waals surface area contributed by atoms with E-state index in [-0.39, 0.29) is 5.56 Å². The Morgan fingerprint density at radius 2 is 2.31 bits per heavy atom. The number of rotatable bonds is 2. The van der Waals surface area contributed by atoms with Crippen molar-refractivity contribution in [3.63, 3.8) is 0 Å². The molecule has 1 saturated carbocycles. The Balaban J connectivity index is 2.13. The normalized spacial score (nSPS) is 15.3. The van der Waals surface area contributed by atoms with Crippen LogP contribution in [0.5, 0.6) is 0 Å². The molecular formula is C11H12N4O. The maximum Gasteiger partial charge on any atom is 0.251 e. The zero-order chi connectivity index (χ0) is 11.1. The van der Waals surface area contributed by atoms with Gasteiger partial charge in [-0.2, -0.15) is 0 Å². The number of aryl methyl sites for hydroxylation is 1. The van der Waals surface area contributed by atoms with Crippen molar-refractivity contribution in [2.24, 2.45) is 7.05 Å². The van der Waals surface area contributed by atoms with Crippen LogP contribution in [0.1, 0.15) is 24.5 Å². The summed E-state index contributed by atoms with van der Waals surface area (Å²) in [5.41, 5.74) is 1.65. The van der Waals surface area contributed by atoms with Crippen molar-refractivity contribution in [3.05, 3.63) is 34.6 Å². The van der Waals surface area contributed by atoms with Gasteiger partial charge in [0.05, 0.1) is 18.2 Å². The van der Waals surface area contributed by atoms with Crippen LogP contribution in [0, 0.1) is 0 Å². The summed E-state index contributed by atoms with van der Waals surface area (Å²) in [5.74, 6) is 1.09. The molecule has 1 N–H and O–H groups in total. The molecule has 16 heavy (non-hydrogen) atoms. The first-order chi connectivity index (χ1) is 7.74.